The Bertz CT molecular complexity index is 399. The van der Waals surface area contributed by atoms with Crippen molar-refractivity contribution in [3.8, 4) is 0 Å². The Balaban J connectivity index is 2.14. The molecule has 1 aromatic rings. The van der Waals surface area contributed by atoms with Gasteiger partial charge in [-0.25, -0.2) is 0 Å². The standard InChI is InChI=1S/C17H27N/c1-11-6-7-16(13(3)8-11)18-17-14(4)9-12(2)10-15(17)5/h9-11,13,16,18H,6-8H2,1-5H3. The minimum Gasteiger partial charge on any atom is -0.382 e. The summed E-state index contributed by atoms with van der Waals surface area (Å²) in [5.41, 5.74) is 5.50. The van der Waals surface area contributed by atoms with E-state index >= 15 is 0 Å². The van der Waals surface area contributed by atoms with Gasteiger partial charge in [0.2, 0.25) is 0 Å². The third kappa shape index (κ3) is 2.88. The first-order valence-electron chi connectivity index (χ1n) is 7.31. The van der Waals surface area contributed by atoms with Crippen LogP contribution in [0, 0.1) is 32.6 Å². The van der Waals surface area contributed by atoms with E-state index in [2.05, 4.69) is 52.1 Å². The van der Waals surface area contributed by atoms with Crippen molar-refractivity contribution in [2.75, 3.05) is 5.32 Å². The van der Waals surface area contributed by atoms with Gasteiger partial charge in [-0.15, -0.1) is 0 Å². The molecular weight excluding hydrogens is 218 g/mol. The van der Waals surface area contributed by atoms with Gasteiger partial charge in [0.25, 0.3) is 0 Å². The maximum absolute atomic E-state index is 3.81. The molecule has 0 radical (unpaired) electrons. The first kappa shape index (κ1) is 13.5. The van der Waals surface area contributed by atoms with Crippen molar-refractivity contribution >= 4 is 5.69 Å². The Kier molecular flexibility index (Phi) is 3.99. The summed E-state index contributed by atoms with van der Waals surface area (Å²) in [5, 5.41) is 3.81. The largest absolute Gasteiger partial charge is 0.382 e. The molecule has 100 valence electrons. The maximum atomic E-state index is 3.81. The van der Waals surface area contributed by atoms with Gasteiger partial charge in [0, 0.05) is 11.7 Å². The summed E-state index contributed by atoms with van der Waals surface area (Å²) in [6, 6.07) is 5.22. The molecule has 0 aromatic heterocycles. The molecule has 1 heteroatoms. The SMILES string of the molecule is Cc1cc(C)c(NC2CCC(C)CC2C)c(C)c1. The fourth-order valence-electron chi connectivity index (χ4n) is 3.47. The smallest absolute Gasteiger partial charge is 0.0402 e. The van der Waals surface area contributed by atoms with Crippen molar-refractivity contribution < 1.29 is 0 Å². The molecule has 1 fully saturated rings. The molecule has 18 heavy (non-hydrogen) atoms. The van der Waals surface area contributed by atoms with E-state index < -0.39 is 0 Å². The lowest BCUT2D eigenvalue weighted by atomic mass is 9.79. The molecule has 2 rings (SSSR count). The molecular formula is C17H27N. The van der Waals surface area contributed by atoms with Crippen LogP contribution in [0.2, 0.25) is 0 Å². The molecule has 1 aliphatic rings. The van der Waals surface area contributed by atoms with Gasteiger partial charge < -0.3 is 5.32 Å². The third-order valence-electron chi connectivity index (χ3n) is 4.44. The second kappa shape index (κ2) is 5.34. The fourth-order valence-corrected chi connectivity index (χ4v) is 3.47. The highest BCUT2D eigenvalue weighted by molar-refractivity contribution is 5.58. The molecule has 1 nitrogen and oxygen atoms in total. The lowest BCUT2D eigenvalue weighted by Gasteiger charge is -2.34. The predicted molar refractivity (Wildman–Crippen MR) is 80.2 cm³/mol. The minimum atomic E-state index is 0.654. The number of hydrogen-bond acceptors (Lipinski definition) is 1. The number of hydrogen-bond donors (Lipinski definition) is 1. The van der Waals surface area contributed by atoms with Gasteiger partial charge in [-0.2, -0.15) is 0 Å². The molecule has 0 saturated heterocycles. The highest BCUT2D eigenvalue weighted by Crippen LogP contribution is 2.32. The highest BCUT2D eigenvalue weighted by Gasteiger charge is 2.25. The van der Waals surface area contributed by atoms with E-state index in [-0.39, 0.29) is 0 Å². The Hall–Kier alpha value is -0.980. The second-order valence-electron chi connectivity index (χ2n) is 6.42. The second-order valence-corrected chi connectivity index (χ2v) is 6.42. The summed E-state index contributed by atoms with van der Waals surface area (Å²) in [6.07, 6.45) is 4.04. The van der Waals surface area contributed by atoms with E-state index in [1.54, 1.807) is 0 Å². The number of rotatable bonds is 2. The Morgan fingerprint density at radius 1 is 1.00 bits per heavy atom. The van der Waals surface area contributed by atoms with Crippen LogP contribution in [-0.4, -0.2) is 6.04 Å². The van der Waals surface area contributed by atoms with Crippen LogP contribution < -0.4 is 5.32 Å². The summed E-state index contributed by atoms with van der Waals surface area (Å²) in [6.45, 7) is 11.4. The first-order chi connectivity index (χ1) is 8.47. The number of anilines is 1. The lowest BCUT2D eigenvalue weighted by Crippen LogP contribution is -2.33. The van der Waals surface area contributed by atoms with Gasteiger partial charge in [-0.05, 0) is 63.0 Å². The Morgan fingerprint density at radius 2 is 1.61 bits per heavy atom. The van der Waals surface area contributed by atoms with Crippen molar-refractivity contribution in [2.45, 2.75) is 59.9 Å². The lowest BCUT2D eigenvalue weighted by molar-refractivity contribution is 0.276. The van der Waals surface area contributed by atoms with Gasteiger partial charge in [0.15, 0.2) is 0 Å². The number of benzene rings is 1. The van der Waals surface area contributed by atoms with Crippen LogP contribution in [0.1, 0.15) is 49.8 Å². The third-order valence-corrected chi connectivity index (χ3v) is 4.44. The van der Waals surface area contributed by atoms with Crippen molar-refractivity contribution in [1.82, 2.24) is 0 Å². The number of aryl methyl sites for hydroxylation is 3. The topological polar surface area (TPSA) is 12.0 Å². The van der Waals surface area contributed by atoms with E-state index in [1.807, 2.05) is 0 Å². The Labute approximate surface area is 112 Å². The fraction of sp³-hybridized carbons (Fsp3) is 0.647. The van der Waals surface area contributed by atoms with Crippen molar-refractivity contribution in [1.29, 1.82) is 0 Å². The van der Waals surface area contributed by atoms with Crippen LogP contribution in [0.5, 0.6) is 0 Å². The highest BCUT2D eigenvalue weighted by atomic mass is 14.9. The van der Waals surface area contributed by atoms with Crippen molar-refractivity contribution in [2.24, 2.45) is 11.8 Å². The molecule has 1 N–H and O–H groups in total. The zero-order chi connectivity index (χ0) is 13.3. The number of nitrogens with one attached hydrogen (secondary N) is 1. The molecule has 3 unspecified atom stereocenters. The molecule has 0 heterocycles. The van der Waals surface area contributed by atoms with Gasteiger partial charge >= 0.3 is 0 Å². The average molecular weight is 245 g/mol. The summed E-state index contributed by atoms with van der Waals surface area (Å²) in [5.74, 6) is 1.69. The molecule has 1 saturated carbocycles. The summed E-state index contributed by atoms with van der Waals surface area (Å²) >= 11 is 0. The van der Waals surface area contributed by atoms with Crippen LogP contribution in [0.15, 0.2) is 12.1 Å². The minimum absolute atomic E-state index is 0.654. The van der Waals surface area contributed by atoms with E-state index in [9.17, 15) is 0 Å². The Morgan fingerprint density at radius 3 is 2.17 bits per heavy atom. The van der Waals surface area contributed by atoms with Crippen molar-refractivity contribution in [3.63, 3.8) is 0 Å². The van der Waals surface area contributed by atoms with Gasteiger partial charge in [-0.3, -0.25) is 0 Å². The molecule has 1 aromatic carbocycles. The van der Waals surface area contributed by atoms with E-state index in [1.165, 1.54) is 41.6 Å². The van der Waals surface area contributed by atoms with Crippen LogP contribution in [0.4, 0.5) is 5.69 Å². The first-order valence-corrected chi connectivity index (χ1v) is 7.31. The van der Waals surface area contributed by atoms with Crippen LogP contribution in [0.3, 0.4) is 0 Å². The summed E-state index contributed by atoms with van der Waals surface area (Å²) in [4.78, 5) is 0. The molecule has 1 aliphatic carbocycles. The zero-order valence-electron chi connectivity index (χ0n) is 12.5. The van der Waals surface area contributed by atoms with Crippen LogP contribution in [0.25, 0.3) is 0 Å². The van der Waals surface area contributed by atoms with E-state index in [0.29, 0.717) is 6.04 Å². The van der Waals surface area contributed by atoms with E-state index in [0.717, 1.165) is 11.8 Å². The molecule has 0 spiro atoms. The van der Waals surface area contributed by atoms with Gasteiger partial charge in [0.1, 0.15) is 0 Å². The summed E-state index contributed by atoms with van der Waals surface area (Å²) in [7, 11) is 0. The van der Waals surface area contributed by atoms with E-state index in [4.69, 9.17) is 0 Å². The molecule has 0 amide bonds. The monoisotopic (exact) mass is 245 g/mol. The van der Waals surface area contributed by atoms with Crippen LogP contribution >= 0.6 is 0 Å². The van der Waals surface area contributed by atoms with Crippen molar-refractivity contribution in [3.05, 3.63) is 28.8 Å². The molecule has 0 bridgehead atoms. The predicted octanol–water partition coefficient (Wildman–Crippen LogP) is 4.85. The molecule has 0 aliphatic heterocycles. The molecule has 3 atom stereocenters. The average Bonchev–Trinajstić information content (AvgIpc) is 2.25. The summed E-state index contributed by atoms with van der Waals surface area (Å²) < 4.78 is 0. The van der Waals surface area contributed by atoms with Crippen LogP contribution in [-0.2, 0) is 0 Å². The maximum Gasteiger partial charge on any atom is 0.0402 e. The zero-order valence-corrected chi connectivity index (χ0v) is 12.5. The quantitative estimate of drug-likeness (QED) is 0.785. The van der Waals surface area contributed by atoms with Gasteiger partial charge in [-0.1, -0.05) is 31.5 Å². The van der Waals surface area contributed by atoms with Gasteiger partial charge in [0.05, 0.1) is 0 Å². The normalized spacial score (nSPS) is 28.2.